The highest BCUT2D eigenvalue weighted by atomic mass is 32.2. The highest BCUT2D eigenvalue weighted by Gasteiger charge is 2.36. The first kappa shape index (κ1) is 25.3. The molecule has 0 saturated heterocycles. The molecule has 1 aliphatic carbocycles. The smallest absolute Gasteiger partial charge is 0.261 e. The number of aliphatic hydroxyl groups is 1. The molecular formula is C24H33N5O5S. The summed E-state index contributed by atoms with van der Waals surface area (Å²) in [7, 11) is -0.634. The highest BCUT2D eigenvalue weighted by Crippen LogP contribution is 2.32. The average Bonchev–Trinajstić information content (AvgIpc) is 3.53. The zero-order valence-corrected chi connectivity index (χ0v) is 21.4. The van der Waals surface area contributed by atoms with Crippen molar-refractivity contribution in [2.24, 2.45) is 13.0 Å². The molecule has 0 radical (unpaired) electrons. The first-order valence-corrected chi connectivity index (χ1v) is 13.3. The average molecular weight is 504 g/mol. The van der Waals surface area contributed by atoms with Crippen LogP contribution in [0.1, 0.15) is 49.0 Å². The normalized spacial score (nSPS) is 21.8. The van der Waals surface area contributed by atoms with Gasteiger partial charge in [-0.1, -0.05) is 13.0 Å². The van der Waals surface area contributed by atoms with Gasteiger partial charge in [-0.3, -0.25) is 4.79 Å². The molecule has 1 amide bonds. The molecule has 3 atom stereocenters. The van der Waals surface area contributed by atoms with Crippen LogP contribution in [0.2, 0.25) is 0 Å². The second-order valence-corrected chi connectivity index (χ2v) is 11.5. The topological polar surface area (TPSA) is 118 Å². The SMILES string of the molecule is C[C@H](CO)N1C[C@H](C)[C@@H](CN(C)S(=O)(=O)c2cn(C)cn2)Oc2ncc(C3=CCCC3)cc2C1=O. The van der Waals surface area contributed by atoms with Crippen LogP contribution in [0.15, 0.2) is 35.9 Å². The number of pyridine rings is 1. The zero-order chi connectivity index (χ0) is 25.3. The van der Waals surface area contributed by atoms with Crippen molar-refractivity contribution < 1.29 is 23.1 Å². The lowest BCUT2D eigenvalue weighted by molar-refractivity contribution is 0.0373. The molecule has 1 aliphatic heterocycles. The molecule has 1 N–H and O–H groups in total. The zero-order valence-electron chi connectivity index (χ0n) is 20.6. The van der Waals surface area contributed by atoms with Crippen LogP contribution in [0.4, 0.5) is 0 Å². The number of likely N-dealkylation sites (N-methyl/N-ethyl adjacent to an activating group) is 1. The number of ether oxygens (including phenoxy) is 1. The van der Waals surface area contributed by atoms with Gasteiger partial charge in [0, 0.05) is 39.0 Å². The van der Waals surface area contributed by atoms with Crippen LogP contribution < -0.4 is 4.74 Å². The Morgan fingerprint density at radius 2 is 2.11 bits per heavy atom. The van der Waals surface area contributed by atoms with Crippen molar-refractivity contribution in [2.45, 2.75) is 50.3 Å². The number of carbonyl (C=O) groups is 1. The summed E-state index contributed by atoms with van der Waals surface area (Å²) in [6.07, 6.45) is 9.18. The van der Waals surface area contributed by atoms with Crippen molar-refractivity contribution in [3.05, 3.63) is 42.0 Å². The van der Waals surface area contributed by atoms with Gasteiger partial charge in [0.15, 0.2) is 5.03 Å². The maximum Gasteiger partial charge on any atom is 0.261 e. The molecule has 4 rings (SSSR count). The number of sulfonamides is 1. The maximum atomic E-state index is 13.5. The second-order valence-electron chi connectivity index (χ2n) is 9.48. The summed E-state index contributed by atoms with van der Waals surface area (Å²) in [5, 5.41) is 9.79. The first-order chi connectivity index (χ1) is 16.6. The number of fused-ring (bicyclic) bond motifs is 1. The Balaban J connectivity index is 1.68. The molecule has 2 aliphatic rings. The minimum atomic E-state index is -3.83. The van der Waals surface area contributed by atoms with E-state index in [2.05, 4.69) is 16.0 Å². The predicted molar refractivity (Wildman–Crippen MR) is 130 cm³/mol. The monoisotopic (exact) mass is 503 g/mol. The van der Waals surface area contributed by atoms with E-state index in [0.29, 0.717) is 12.1 Å². The van der Waals surface area contributed by atoms with E-state index in [0.717, 1.165) is 30.4 Å². The number of amides is 1. The van der Waals surface area contributed by atoms with Gasteiger partial charge in [0.25, 0.3) is 15.9 Å². The molecule has 3 heterocycles. The number of allylic oxidation sites excluding steroid dienone is 2. The standard InChI is InChI=1S/C24H33N5O5S/c1-16-11-29(17(2)14-30)24(31)20-9-19(18-7-5-6-8-18)10-25-23(20)34-21(16)12-28(4)35(32,33)22-13-27(3)15-26-22/h7,9-10,13,15-17,21,30H,5-6,8,11-12,14H2,1-4H3/t16-,17+,21+/m0/s1. The Morgan fingerprint density at radius 1 is 1.34 bits per heavy atom. The first-order valence-electron chi connectivity index (χ1n) is 11.8. The van der Waals surface area contributed by atoms with Crippen molar-refractivity contribution in [2.75, 3.05) is 26.7 Å². The fraction of sp³-hybridized carbons (Fsp3) is 0.542. The van der Waals surface area contributed by atoms with Crippen molar-refractivity contribution >= 4 is 21.5 Å². The third kappa shape index (κ3) is 5.12. The van der Waals surface area contributed by atoms with E-state index in [1.807, 2.05) is 6.92 Å². The van der Waals surface area contributed by atoms with Crippen molar-refractivity contribution in [3.8, 4) is 5.88 Å². The van der Waals surface area contributed by atoms with Gasteiger partial charge in [0.1, 0.15) is 11.7 Å². The minimum Gasteiger partial charge on any atom is -0.472 e. The Kier molecular flexibility index (Phi) is 7.30. The van der Waals surface area contributed by atoms with Gasteiger partial charge in [-0.25, -0.2) is 18.4 Å². The van der Waals surface area contributed by atoms with Crippen LogP contribution in [-0.2, 0) is 17.1 Å². The van der Waals surface area contributed by atoms with Crippen molar-refractivity contribution in [3.63, 3.8) is 0 Å². The minimum absolute atomic E-state index is 0.0419. The maximum absolute atomic E-state index is 13.5. The summed E-state index contributed by atoms with van der Waals surface area (Å²) in [5.74, 6) is -0.316. The summed E-state index contributed by atoms with van der Waals surface area (Å²) in [6, 6.07) is 1.39. The van der Waals surface area contributed by atoms with Gasteiger partial charge in [0.2, 0.25) is 5.88 Å². The quantitative estimate of drug-likeness (QED) is 0.613. The Labute approximate surface area is 206 Å². The van der Waals surface area contributed by atoms with E-state index in [1.165, 1.54) is 23.9 Å². The lowest BCUT2D eigenvalue weighted by Gasteiger charge is -2.37. The molecule has 2 aromatic heterocycles. The molecule has 190 valence electrons. The van der Waals surface area contributed by atoms with Crippen LogP contribution in [-0.4, -0.2) is 82.1 Å². The Bertz CT molecular complexity index is 1220. The highest BCUT2D eigenvalue weighted by molar-refractivity contribution is 7.89. The number of aryl methyl sites for hydroxylation is 1. The van der Waals surface area contributed by atoms with E-state index >= 15 is 0 Å². The molecule has 0 spiro atoms. The number of hydrogen-bond donors (Lipinski definition) is 1. The number of rotatable bonds is 7. The van der Waals surface area contributed by atoms with E-state index < -0.39 is 22.2 Å². The Hall–Kier alpha value is -2.76. The summed E-state index contributed by atoms with van der Waals surface area (Å²) in [4.78, 5) is 23.6. The fourth-order valence-electron chi connectivity index (χ4n) is 4.46. The fourth-order valence-corrected chi connectivity index (χ4v) is 5.60. The van der Waals surface area contributed by atoms with Crippen molar-refractivity contribution in [1.29, 1.82) is 0 Å². The van der Waals surface area contributed by atoms with Gasteiger partial charge in [0.05, 0.1) is 25.5 Å². The van der Waals surface area contributed by atoms with Crippen LogP contribution >= 0.6 is 0 Å². The molecular weight excluding hydrogens is 470 g/mol. The van der Waals surface area contributed by atoms with Gasteiger partial charge in [-0.05, 0) is 43.4 Å². The van der Waals surface area contributed by atoms with Crippen LogP contribution in [0.5, 0.6) is 5.88 Å². The largest absolute Gasteiger partial charge is 0.472 e. The molecule has 10 nitrogen and oxygen atoms in total. The number of nitrogens with zero attached hydrogens (tertiary/aromatic N) is 5. The molecule has 0 unspecified atom stereocenters. The predicted octanol–water partition coefficient (Wildman–Crippen LogP) is 1.92. The second kappa shape index (κ2) is 10.1. The van der Waals surface area contributed by atoms with Crippen molar-refractivity contribution in [1.82, 2.24) is 23.7 Å². The number of aliphatic hydroxyl groups excluding tert-OH is 1. The van der Waals surface area contributed by atoms with E-state index in [4.69, 9.17) is 4.74 Å². The molecule has 0 fully saturated rings. The van der Waals surface area contributed by atoms with Gasteiger partial charge in [-0.15, -0.1) is 0 Å². The molecule has 0 bridgehead atoms. The third-order valence-electron chi connectivity index (χ3n) is 6.73. The lowest BCUT2D eigenvalue weighted by atomic mass is 9.99. The molecule has 2 aromatic rings. The third-order valence-corrected chi connectivity index (χ3v) is 8.43. The van der Waals surface area contributed by atoms with Crippen LogP contribution in [0, 0.1) is 5.92 Å². The van der Waals surface area contributed by atoms with E-state index in [-0.39, 0.29) is 35.9 Å². The van der Waals surface area contributed by atoms with Crippen LogP contribution in [0.3, 0.4) is 0 Å². The van der Waals surface area contributed by atoms with E-state index in [9.17, 15) is 18.3 Å². The lowest BCUT2D eigenvalue weighted by Crippen LogP contribution is -2.50. The molecule has 11 heteroatoms. The number of imidazole rings is 1. The Morgan fingerprint density at radius 3 is 2.74 bits per heavy atom. The van der Waals surface area contributed by atoms with Gasteiger partial charge < -0.3 is 19.3 Å². The van der Waals surface area contributed by atoms with Gasteiger partial charge >= 0.3 is 0 Å². The number of carbonyl (C=O) groups excluding carboxylic acids is 1. The molecule has 0 saturated carbocycles. The summed E-state index contributed by atoms with van der Waals surface area (Å²) >= 11 is 0. The molecule has 0 aromatic carbocycles. The summed E-state index contributed by atoms with van der Waals surface area (Å²) < 4.78 is 35.2. The summed E-state index contributed by atoms with van der Waals surface area (Å²) in [5.41, 5.74) is 2.36. The number of aromatic nitrogens is 3. The van der Waals surface area contributed by atoms with Crippen LogP contribution in [0.25, 0.3) is 5.57 Å². The van der Waals surface area contributed by atoms with E-state index in [1.54, 1.807) is 35.7 Å². The van der Waals surface area contributed by atoms with Gasteiger partial charge in [-0.2, -0.15) is 4.31 Å². The number of hydrogen-bond acceptors (Lipinski definition) is 7. The molecule has 35 heavy (non-hydrogen) atoms. The summed E-state index contributed by atoms with van der Waals surface area (Å²) in [6.45, 7) is 3.85.